The van der Waals surface area contributed by atoms with Crippen molar-refractivity contribution < 1.29 is 22.7 Å². The van der Waals surface area contributed by atoms with E-state index in [1.165, 1.54) is 12.1 Å². The summed E-state index contributed by atoms with van der Waals surface area (Å²) in [6.07, 6.45) is -4.77. The number of nitrogens with one attached hydrogen (secondary N) is 1. The van der Waals surface area contributed by atoms with E-state index in [0.717, 1.165) is 17.8 Å². The molecular formula is C15H12F3NO2. The fourth-order valence-corrected chi connectivity index (χ4v) is 1.71. The van der Waals surface area contributed by atoms with Crippen molar-refractivity contribution in [2.24, 2.45) is 0 Å². The average molecular weight is 295 g/mol. The fourth-order valence-electron chi connectivity index (χ4n) is 1.71. The number of halogens is 3. The Balaban J connectivity index is 2.01. The molecule has 0 fully saturated rings. The first-order valence-electron chi connectivity index (χ1n) is 6.12. The van der Waals surface area contributed by atoms with E-state index in [4.69, 9.17) is 0 Å². The summed E-state index contributed by atoms with van der Waals surface area (Å²) in [6.45, 7) is -0.0144. The van der Waals surface area contributed by atoms with Crippen molar-refractivity contribution in [2.75, 3.05) is 11.9 Å². The standard InChI is InChI=1S/C15H12F3NO2/c16-15(17,18)21-13-8-4-5-11(9-13)14(20)10-19-12-6-2-1-3-7-12/h1-9,19H,10H2. The lowest BCUT2D eigenvalue weighted by atomic mass is 10.1. The van der Waals surface area contributed by atoms with Crippen LogP contribution < -0.4 is 10.1 Å². The minimum atomic E-state index is -4.77. The summed E-state index contributed by atoms with van der Waals surface area (Å²) in [5.41, 5.74) is 0.911. The molecule has 2 rings (SSSR count). The van der Waals surface area contributed by atoms with Crippen molar-refractivity contribution in [1.29, 1.82) is 0 Å². The number of Topliss-reactive ketones (excluding diaryl/α,β-unsaturated/α-hetero) is 1. The van der Waals surface area contributed by atoms with E-state index in [0.29, 0.717) is 0 Å². The molecule has 21 heavy (non-hydrogen) atoms. The Labute approximate surface area is 119 Å². The second kappa shape index (κ2) is 6.30. The van der Waals surface area contributed by atoms with E-state index in [1.807, 2.05) is 18.2 Å². The van der Waals surface area contributed by atoms with E-state index in [9.17, 15) is 18.0 Å². The first kappa shape index (κ1) is 14.9. The highest BCUT2D eigenvalue weighted by Crippen LogP contribution is 2.23. The number of rotatable bonds is 5. The molecule has 0 aliphatic rings. The number of hydrogen-bond acceptors (Lipinski definition) is 3. The molecule has 0 radical (unpaired) electrons. The second-order valence-corrected chi connectivity index (χ2v) is 4.22. The molecule has 0 bridgehead atoms. The van der Waals surface area contributed by atoms with E-state index in [2.05, 4.69) is 10.1 Å². The molecule has 0 spiro atoms. The van der Waals surface area contributed by atoms with E-state index < -0.39 is 12.1 Å². The number of ether oxygens (including phenoxy) is 1. The molecule has 3 nitrogen and oxygen atoms in total. The fraction of sp³-hybridized carbons (Fsp3) is 0.133. The highest BCUT2D eigenvalue weighted by Gasteiger charge is 2.31. The highest BCUT2D eigenvalue weighted by molar-refractivity contribution is 5.99. The molecule has 2 aromatic carbocycles. The van der Waals surface area contributed by atoms with E-state index in [-0.39, 0.29) is 17.9 Å². The van der Waals surface area contributed by atoms with Crippen LogP contribution in [0.4, 0.5) is 18.9 Å². The molecule has 0 saturated carbocycles. The minimum absolute atomic E-state index is 0.0144. The number of anilines is 1. The van der Waals surface area contributed by atoms with Crippen LogP contribution >= 0.6 is 0 Å². The number of ketones is 1. The number of carbonyl (C=O) groups excluding carboxylic acids is 1. The van der Waals surface area contributed by atoms with Gasteiger partial charge in [0.2, 0.25) is 0 Å². The molecule has 1 N–H and O–H groups in total. The lowest BCUT2D eigenvalue weighted by Gasteiger charge is -2.10. The Morgan fingerprint density at radius 1 is 1.05 bits per heavy atom. The van der Waals surface area contributed by atoms with Crippen LogP contribution in [0.25, 0.3) is 0 Å². The summed E-state index contributed by atoms with van der Waals surface area (Å²) in [6, 6.07) is 14.0. The zero-order chi connectivity index (χ0) is 15.3. The number of benzene rings is 2. The Bertz CT molecular complexity index is 612. The quantitative estimate of drug-likeness (QED) is 0.851. The van der Waals surface area contributed by atoms with Gasteiger partial charge in [-0.2, -0.15) is 0 Å². The molecule has 0 atom stereocenters. The summed E-state index contributed by atoms with van der Waals surface area (Å²) in [4.78, 5) is 11.9. The molecule has 110 valence electrons. The van der Waals surface area contributed by atoms with Crippen molar-refractivity contribution in [3.8, 4) is 5.75 Å². The largest absolute Gasteiger partial charge is 0.573 e. The van der Waals surface area contributed by atoms with Gasteiger partial charge in [0.05, 0.1) is 6.54 Å². The molecule has 0 saturated heterocycles. The van der Waals surface area contributed by atoms with Gasteiger partial charge in [-0.25, -0.2) is 0 Å². The number of hydrogen-bond donors (Lipinski definition) is 1. The number of alkyl halides is 3. The lowest BCUT2D eigenvalue weighted by molar-refractivity contribution is -0.274. The van der Waals surface area contributed by atoms with Crippen molar-refractivity contribution in [2.45, 2.75) is 6.36 Å². The molecule has 2 aromatic rings. The van der Waals surface area contributed by atoms with E-state index in [1.54, 1.807) is 12.1 Å². The maximum atomic E-state index is 12.1. The lowest BCUT2D eigenvalue weighted by Crippen LogP contribution is -2.18. The summed E-state index contributed by atoms with van der Waals surface area (Å²) >= 11 is 0. The molecule has 0 aliphatic carbocycles. The highest BCUT2D eigenvalue weighted by atomic mass is 19.4. The van der Waals surface area contributed by atoms with Crippen LogP contribution in [0.2, 0.25) is 0 Å². The summed E-state index contributed by atoms with van der Waals surface area (Å²) in [5.74, 6) is -0.737. The molecule has 6 heteroatoms. The molecule has 0 heterocycles. The molecule has 0 unspecified atom stereocenters. The van der Waals surface area contributed by atoms with Gasteiger partial charge in [-0.05, 0) is 24.3 Å². The van der Waals surface area contributed by atoms with Crippen LogP contribution in [0.15, 0.2) is 54.6 Å². The van der Waals surface area contributed by atoms with Crippen LogP contribution in [-0.2, 0) is 0 Å². The number of para-hydroxylation sites is 1. The Hall–Kier alpha value is -2.50. The Kier molecular flexibility index (Phi) is 4.47. The van der Waals surface area contributed by atoms with Gasteiger partial charge in [-0.1, -0.05) is 30.3 Å². The Morgan fingerprint density at radius 3 is 2.43 bits per heavy atom. The third-order valence-electron chi connectivity index (χ3n) is 2.62. The van der Waals surface area contributed by atoms with Gasteiger partial charge in [-0.3, -0.25) is 4.79 Å². The summed E-state index contributed by atoms with van der Waals surface area (Å²) in [5, 5.41) is 2.90. The van der Waals surface area contributed by atoms with E-state index >= 15 is 0 Å². The van der Waals surface area contributed by atoms with Crippen LogP contribution in [0.1, 0.15) is 10.4 Å². The normalized spacial score (nSPS) is 11.0. The van der Waals surface area contributed by atoms with Crippen LogP contribution in [0, 0.1) is 0 Å². The summed E-state index contributed by atoms with van der Waals surface area (Å²) in [7, 11) is 0. The predicted molar refractivity (Wildman–Crippen MR) is 72.4 cm³/mol. The van der Waals surface area contributed by atoms with Crippen molar-refractivity contribution in [3.05, 3.63) is 60.2 Å². The Morgan fingerprint density at radius 2 is 1.76 bits per heavy atom. The topological polar surface area (TPSA) is 38.3 Å². The van der Waals surface area contributed by atoms with Crippen LogP contribution in [0.3, 0.4) is 0 Å². The van der Waals surface area contributed by atoms with Crippen LogP contribution in [0.5, 0.6) is 5.75 Å². The first-order chi connectivity index (χ1) is 9.94. The average Bonchev–Trinajstić information content (AvgIpc) is 2.44. The zero-order valence-electron chi connectivity index (χ0n) is 10.9. The van der Waals surface area contributed by atoms with Gasteiger partial charge in [0.25, 0.3) is 0 Å². The second-order valence-electron chi connectivity index (χ2n) is 4.22. The third kappa shape index (κ3) is 4.83. The summed E-state index contributed by atoms with van der Waals surface area (Å²) < 4.78 is 40.2. The smallest absolute Gasteiger partial charge is 0.406 e. The minimum Gasteiger partial charge on any atom is -0.406 e. The number of carbonyl (C=O) groups is 1. The molecule has 0 amide bonds. The molecule has 0 aromatic heterocycles. The maximum absolute atomic E-state index is 12.1. The maximum Gasteiger partial charge on any atom is 0.573 e. The zero-order valence-corrected chi connectivity index (χ0v) is 10.9. The SMILES string of the molecule is O=C(CNc1ccccc1)c1cccc(OC(F)(F)F)c1. The molecule has 0 aliphatic heterocycles. The predicted octanol–water partition coefficient (Wildman–Crippen LogP) is 3.88. The van der Waals surface area contributed by atoms with Gasteiger partial charge in [0, 0.05) is 11.3 Å². The first-order valence-corrected chi connectivity index (χ1v) is 6.12. The molecular weight excluding hydrogens is 283 g/mol. The van der Waals surface area contributed by atoms with Gasteiger partial charge in [0.15, 0.2) is 5.78 Å². The van der Waals surface area contributed by atoms with Gasteiger partial charge < -0.3 is 10.1 Å². The van der Waals surface area contributed by atoms with Gasteiger partial charge in [0.1, 0.15) is 5.75 Å². The van der Waals surface area contributed by atoms with Crippen molar-refractivity contribution >= 4 is 11.5 Å². The van der Waals surface area contributed by atoms with Crippen LogP contribution in [-0.4, -0.2) is 18.7 Å². The van der Waals surface area contributed by atoms with Gasteiger partial charge in [-0.15, -0.1) is 13.2 Å². The monoisotopic (exact) mass is 295 g/mol. The third-order valence-corrected chi connectivity index (χ3v) is 2.62. The van der Waals surface area contributed by atoms with Gasteiger partial charge >= 0.3 is 6.36 Å². The van der Waals surface area contributed by atoms with Crippen molar-refractivity contribution in [3.63, 3.8) is 0 Å². The van der Waals surface area contributed by atoms with Crippen molar-refractivity contribution in [1.82, 2.24) is 0 Å².